The number of hydrogen-bond acceptors (Lipinski definition) is 10. The number of hydrogen-bond donors (Lipinski definition) is 6. The molecule has 1 aliphatic rings. The van der Waals surface area contributed by atoms with Crippen LogP contribution in [-0.4, -0.2) is 100 Å². The van der Waals surface area contributed by atoms with Gasteiger partial charge in [0.25, 0.3) is 0 Å². The standard InChI is InChI=1S/C76H145NO10/c1-3-5-7-9-11-13-15-16-41-44-48-52-56-60-64-72(81)85-65-61-57-53-49-45-42-39-37-35-33-31-29-27-25-23-21-19-17-18-20-22-24-26-28-30-32-34-36-38-40-43-47-51-55-59-63-71(80)77-68(67-86-76-75(84)74(83)73(82)70(66-78)87-76)69(79)62-58-54-50-46-14-12-10-8-6-4-2/h19,21,58,62,68-70,73-76,78-79,82-84H,3-18,20,22-57,59-61,63-67H2,1-2H3,(H,77,80)/b21-19-,62-58+. The zero-order valence-corrected chi connectivity index (χ0v) is 57.3. The third-order valence-electron chi connectivity index (χ3n) is 18.3. The van der Waals surface area contributed by atoms with Crippen LogP contribution in [0, 0.1) is 0 Å². The average molecular weight is 1230 g/mol. The molecule has 0 aromatic heterocycles. The van der Waals surface area contributed by atoms with Gasteiger partial charge in [-0.05, 0) is 57.8 Å². The van der Waals surface area contributed by atoms with Crippen molar-refractivity contribution < 1.29 is 49.3 Å². The highest BCUT2D eigenvalue weighted by Crippen LogP contribution is 2.24. The van der Waals surface area contributed by atoms with Gasteiger partial charge >= 0.3 is 5.97 Å². The van der Waals surface area contributed by atoms with E-state index in [1.54, 1.807) is 6.08 Å². The van der Waals surface area contributed by atoms with E-state index in [1.807, 2.05) is 6.08 Å². The fourth-order valence-corrected chi connectivity index (χ4v) is 12.3. The number of allylic oxidation sites excluding steroid dienone is 3. The molecule has 1 saturated heterocycles. The molecule has 7 atom stereocenters. The molecule has 87 heavy (non-hydrogen) atoms. The Kier molecular flexibility index (Phi) is 62.7. The summed E-state index contributed by atoms with van der Waals surface area (Å²) in [6.07, 6.45) is 73.5. The molecule has 0 radical (unpaired) electrons. The van der Waals surface area contributed by atoms with E-state index in [0.717, 1.165) is 51.4 Å². The van der Waals surface area contributed by atoms with Gasteiger partial charge in [-0.2, -0.15) is 0 Å². The lowest BCUT2D eigenvalue weighted by molar-refractivity contribution is -0.302. The second-order valence-electron chi connectivity index (χ2n) is 26.7. The Balaban J connectivity index is 1.88. The van der Waals surface area contributed by atoms with Crippen molar-refractivity contribution in [1.82, 2.24) is 5.32 Å². The number of aliphatic hydroxyl groups excluding tert-OH is 5. The van der Waals surface area contributed by atoms with Crippen molar-refractivity contribution in [3.05, 3.63) is 24.3 Å². The molecule has 0 saturated carbocycles. The van der Waals surface area contributed by atoms with Crippen molar-refractivity contribution >= 4 is 11.9 Å². The Bertz CT molecular complexity index is 1490. The Hall–Kier alpha value is -1.86. The second kappa shape index (κ2) is 65.6. The van der Waals surface area contributed by atoms with Crippen LogP contribution in [0.15, 0.2) is 24.3 Å². The van der Waals surface area contributed by atoms with Crippen molar-refractivity contribution in [3.8, 4) is 0 Å². The lowest BCUT2D eigenvalue weighted by Gasteiger charge is -2.40. The minimum Gasteiger partial charge on any atom is -0.466 e. The average Bonchev–Trinajstić information content (AvgIpc) is 2.25. The van der Waals surface area contributed by atoms with Gasteiger partial charge in [-0.15, -0.1) is 0 Å². The molecular weight excluding hydrogens is 1090 g/mol. The summed E-state index contributed by atoms with van der Waals surface area (Å²) in [7, 11) is 0. The summed E-state index contributed by atoms with van der Waals surface area (Å²) < 4.78 is 16.7. The van der Waals surface area contributed by atoms with Crippen LogP contribution in [0.1, 0.15) is 386 Å². The molecule has 11 nitrogen and oxygen atoms in total. The molecule has 11 heteroatoms. The highest BCUT2D eigenvalue weighted by atomic mass is 16.7. The molecule has 0 bridgehead atoms. The molecule has 1 amide bonds. The summed E-state index contributed by atoms with van der Waals surface area (Å²) in [5.74, 6) is -0.161. The monoisotopic (exact) mass is 1230 g/mol. The summed E-state index contributed by atoms with van der Waals surface area (Å²) in [6, 6.07) is -0.806. The van der Waals surface area contributed by atoms with E-state index in [4.69, 9.17) is 14.2 Å². The van der Waals surface area contributed by atoms with Crippen molar-refractivity contribution in [2.75, 3.05) is 19.8 Å². The molecule has 0 aromatic carbocycles. The first-order chi connectivity index (χ1) is 42.7. The van der Waals surface area contributed by atoms with Gasteiger partial charge in [0.05, 0.1) is 32.0 Å². The summed E-state index contributed by atoms with van der Waals surface area (Å²) >= 11 is 0. The Labute approximate surface area is 537 Å². The van der Waals surface area contributed by atoms with Gasteiger partial charge in [0.2, 0.25) is 5.91 Å². The van der Waals surface area contributed by atoms with Crippen LogP contribution in [-0.2, 0) is 23.8 Å². The predicted molar refractivity (Wildman–Crippen MR) is 366 cm³/mol. The van der Waals surface area contributed by atoms with E-state index in [0.29, 0.717) is 19.4 Å². The van der Waals surface area contributed by atoms with Crippen LogP contribution in [0.5, 0.6) is 0 Å². The van der Waals surface area contributed by atoms with Gasteiger partial charge in [0.1, 0.15) is 24.4 Å². The number of amides is 1. The van der Waals surface area contributed by atoms with Gasteiger partial charge in [-0.1, -0.05) is 340 Å². The lowest BCUT2D eigenvalue weighted by Crippen LogP contribution is -2.60. The van der Waals surface area contributed by atoms with E-state index in [2.05, 4.69) is 31.3 Å². The van der Waals surface area contributed by atoms with Crippen LogP contribution < -0.4 is 5.32 Å². The fraction of sp³-hybridized carbons (Fsp3) is 0.921. The number of ether oxygens (including phenoxy) is 3. The smallest absolute Gasteiger partial charge is 0.305 e. The summed E-state index contributed by atoms with van der Waals surface area (Å²) in [5.41, 5.74) is 0. The van der Waals surface area contributed by atoms with Crippen LogP contribution in [0.3, 0.4) is 0 Å². The number of unbranched alkanes of at least 4 members (excludes halogenated alkanes) is 52. The van der Waals surface area contributed by atoms with Gasteiger partial charge in [-0.3, -0.25) is 9.59 Å². The minimum absolute atomic E-state index is 0.0165. The number of nitrogens with one attached hydrogen (secondary N) is 1. The Morgan fingerprint density at radius 2 is 0.736 bits per heavy atom. The molecular formula is C76H145NO10. The number of esters is 1. The van der Waals surface area contributed by atoms with E-state index in [-0.39, 0.29) is 18.5 Å². The van der Waals surface area contributed by atoms with Gasteiger partial charge < -0.3 is 45.1 Å². The number of carbonyl (C=O) groups is 2. The highest BCUT2D eigenvalue weighted by Gasteiger charge is 2.44. The van der Waals surface area contributed by atoms with Crippen molar-refractivity contribution in [2.45, 2.75) is 429 Å². The topological polar surface area (TPSA) is 175 Å². The quantitative estimate of drug-likeness (QED) is 0.0195. The maximum atomic E-state index is 13.0. The van der Waals surface area contributed by atoms with Crippen molar-refractivity contribution in [2.24, 2.45) is 0 Å². The summed E-state index contributed by atoms with van der Waals surface area (Å²) in [4.78, 5) is 25.1. The summed E-state index contributed by atoms with van der Waals surface area (Å²) in [5, 5.41) is 54.4. The third-order valence-corrected chi connectivity index (χ3v) is 18.3. The Morgan fingerprint density at radius 3 is 1.10 bits per heavy atom. The molecule has 1 fully saturated rings. The summed E-state index contributed by atoms with van der Waals surface area (Å²) in [6.45, 7) is 4.37. The number of rotatable bonds is 68. The normalized spacial score (nSPS) is 17.9. The lowest BCUT2D eigenvalue weighted by atomic mass is 9.99. The molecule has 1 aliphatic heterocycles. The van der Waals surface area contributed by atoms with E-state index >= 15 is 0 Å². The predicted octanol–water partition coefficient (Wildman–Crippen LogP) is 20.0. The minimum atomic E-state index is -1.57. The maximum Gasteiger partial charge on any atom is 0.305 e. The van der Waals surface area contributed by atoms with Crippen LogP contribution in [0.4, 0.5) is 0 Å². The molecule has 7 unspecified atom stereocenters. The molecule has 1 heterocycles. The fourth-order valence-electron chi connectivity index (χ4n) is 12.3. The largest absolute Gasteiger partial charge is 0.466 e. The maximum absolute atomic E-state index is 13.0. The zero-order chi connectivity index (χ0) is 63.0. The first kappa shape index (κ1) is 83.2. The molecule has 0 spiro atoms. The molecule has 514 valence electrons. The van der Waals surface area contributed by atoms with Gasteiger partial charge in [0.15, 0.2) is 6.29 Å². The Morgan fingerprint density at radius 1 is 0.414 bits per heavy atom. The molecule has 6 N–H and O–H groups in total. The number of aliphatic hydroxyl groups is 5. The number of carbonyl (C=O) groups excluding carboxylic acids is 2. The van der Waals surface area contributed by atoms with Gasteiger partial charge in [0, 0.05) is 12.8 Å². The van der Waals surface area contributed by atoms with Crippen LogP contribution in [0.2, 0.25) is 0 Å². The third kappa shape index (κ3) is 54.4. The molecule has 0 aromatic rings. The van der Waals surface area contributed by atoms with Crippen LogP contribution in [0.25, 0.3) is 0 Å². The van der Waals surface area contributed by atoms with Crippen molar-refractivity contribution in [3.63, 3.8) is 0 Å². The van der Waals surface area contributed by atoms with Gasteiger partial charge in [-0.25, -0.2) is 0 Å². The van der Waals surface area contributed by atoms with E-state index in [9.17, 15) is 35.1 Å². The first-order valence-corrected chi connectivity index (χ1v) is 38.1. The zero-order valence-electron chi connectivity index (χ0n) is 57.3. The van der Waals surface area contributed by atoms with E-state index in [1.165, 1.54) is 308 Å². The van der Waals surface area contributed by atoms with Crippen molar-refractivity contribution in [1.29, 1.82) is 0 Å². The molecule has 0 aliphatic carbocycles. The highest BCUT2D eigenvalue weighted by molar-refractivity contribution is 5.76. The molecule has 1 rings (SSSR count). The second-order valence-corrected chi connectivity index (χ2v) is 26.7. The SMILES string of the molecule is CCCCCCCCCC/C=C/C(O)C(COC1OC(CO)C(O)C(O)C1O)NC(=O)CCCCCCCCCCCCCCCCCCC/C=C\CCCCCCCCCCCCCCCCOC(=O)CCCCCCCCCCCCCCCC. The van der Waals surface area contributed by atoms with E-state index < -0.39 is 49.5 Å². The first-order valence-electron chi connectivity index (χ1n) is 38.1. The van der Waals surface area contributed by atoms with Crippen LogP contribution >= 0.6 is 0 Å².